The van der Waals surface area contributed by atoms with Crippen molar-refractivity contribution >= 4 is 5.82 Å². The van der Waals surface area contributed by atoms with Gasteiger partial charge in [0.1, 0.15) is 5.82 Å². The van der Waals surface area contributed by atoms with Crippen LogP contribution in [0.5, 0.6) is 0 Å². The molecule has 0 radical (unpaired) electrons. The first-order chi connectivity index (χ1) is 8.33. The summed E-state index contributed by atoms with van der Waals surface area (Å²) in [7, 11) is 0. The number of piperazine rings is 1. The first-order valence-corrected chi connectivity index (χ1v) is 6.75. The number of rotatable bonds is 4. The maximum Gasteiger partial charge on any atom is 0.128 e. The van der Waals surface area contributed by atoms with Gasteiger partial charge < -0.3 is 9.80 Å². The van der Waals surface area contributed by atoms with E-state index in [-0.39, 0.29) is 0 Å². The van der Waals surface area contributed by atoms with Gasteiger partial charge in [0.25, 0.3) is 0 Å². The molecule has 1 aromatic rings. The zero-order valence-electron chi connectivity index (χ0n) is 11.0. The Morgan fingerprint density at radius 1 is 1.18 bits per heavy atom. The summed E-state index contributed by atoms with van der Waals surface area (Å²) in [6.07, 6.45) is 4.31. The van der Waals surface area contributed by atoms with Gasteiger partial charge in [0.2, 0.25) is 0 Å². The van der Waals surface area contributed by atoms with E-state index in [9.17, 15) is 0 Å². The van der Waals surface area contributed by atoms with Gasteiger partial charge in [0, 0.05) is 32.4 Å². The average molecular weight is 233 g/mol. The fraction of sp³-hybridized carbons (Fsp3) is 0.643. The summed E-state index contributed by atoms with van der Waals surface area (Å²) < 4.78 is 0. The van der Waals surface area contributed by atoms with Crippen LogP contribution < -0.4 is 4.90 Å². The van der Waals surface area contributed by atoms with Crippen LogP contribution in [0.15, 0.2) is 18.3 Å². The van der Waals surface area contributed by atoms with Gasteiger partial charge >= 0.3 is 0 Å². The molecule has 1 saturated heterocycles. The largest absolute Gasteiger partial charge is 0.354 e. The summed E-state index contributed by atoms with van der Waals surface area (Å²) in [5.74, 6) is 1.16. The van der Waals surface area contributed by atoms with Crippen LogP contribution in [0, 0.1) is 0 Å². The highest BCUT2D eigenvalue weighted by molar-refractivity contribution is 5.41. The Hall–Kier alpha value is -1.09. The van der Waals surface area contributed by atoms with Gasteiger partial charge in [-0.25, -0.2) is 4.98 Å². The van der Waals surface area contributed by atoms with Gasteiger partial charge in [0.05, 0.1) is 0 Å². The van der Waals surface area contributed by atoms with Crippen molar-refractivity contribution in [2.75, 3.05) is 37.6 Å². The Morgan fingerprint density at radius 3 is 2.59 bits per heavy atom. The Morgan fingerprint density at radius 2 is 1.94 bits per heavy atom. The van der Waals surface area contributed by atoms with Crippen molar-refractivity contribution < 1.29 is 0 Å². The molecule has 1 aliphatic rings. The minimum Gasteiger partial charge on any atom is -0.354 e. The molecule has 2 heterocycles. The standard InChI is InChI=1S/C14H23N3/c1-3-5-13-6-7-15-14(12-13)17-10-8-16(4-2)9-11-17/h6-7,12H,3-5,8-11H2,1-2H3. The molecule has 0 atom stereocenters. The lowest BCUT2D eigenvalue weighted by Crippen LogP contribution is -2.46. The second kappa shape index (κ2) is 6.01. The first kappa shape index (κ1) is 12.4. The summed E-state index contributed by atoms with van der Waals surface area (Å²) >= 11 is 0. The lowest BCUT2D eigenvalue weighted by Gasteiger charge is -2.34. The van der Waals surface area contributed by atoms with E-state index in [0.29, 0.717) is 0 Å². The predicted molar refractivity (Wildman–Crippen MR) is 72.6 cm³/mol. The van der Waals surface area contributed by atoms with Crippen LogP contribution in [0.2, 0.25) is 0 Å². The molecule has 0 bridgehead atoms. The lowest BCUT2D eigenvalue weighted by molar-refractivity contribution is 0.270. The van der Waals surface area contributed by atoms with Crippen LogP contribution in [0.1, 0.15) is 25.8 Å². The summed E-state index contributed by atoms with van der Waals surface area (Å²) in [4.78, 5) is 9.40. The van der Waals surface area contributed by atoms with Crippen LogP contribution >= 0.6 is 0 Å². The van der Waals surface area contributed by atoms with Crippen molar-refractivity contribution in [3.05, 3.63) is 23.9 Å². The van der Waals surface area contributed by atoms with E-state index in [1.807, 2.05) is 6.20 Å². The van der Waals surface area contributed by atoms with Gasteiger partial charge in [-0.05, 0) is 30.7 Å². The minimum absolute atomic E-state index is 1.11. The van der Waals surface area contributed by atoms with Gasteiger partial charge in [-0.2, -0.15) is 0 Å². The molecule has 2 rings (SSSR count). The number of hydrogen-bond acceptors (Lipinski definition) is 3. The molecule has 0 unspecified atom stereocenters. The number of anilines is 1. The number of hydrogen-bond donors (Lipinski definition) is 0. The highest BCUT2D eigenvalue weighted by atomic mass is 15.3. The van der Waals surface area contributed by atoms with Crippen molar-refractivity contribution in [1.29, 1.82) is 0 Å². The van der Waals surface area contributed by atoms with E-state index in [1.54, 1.807) is 0 Å². The zero-order valence-corrected chi connectivity index (χ0v) is 11.0. The van der Waals surface area contributed by atoms with Crippen molar-refractivity contribution in [3.63, 3.8) is 0 Å². The van der Waals surface area contributed by atoms with Crippen LogP contribution in [-0.2, 0) is 6.42 Å². The van der Waals surface area contributed by atoms with Crippen LogP contribution in [0.25, 0.3) is 0 Å². The van der Waals surface area contributed by atoms with E-state index >= 15 is 0 Å². The minimum atomic E-state index is 1.11. The number of aromatic nitrogens is 1. The van der Waals surface area contributed by atoms with Gasteiger partial charge in [-0.3, -0.25) is 0 Å². The molecule has 0 aromatic carbocycles. The Bertz CT molecular complexity index is 343. The third-order valence-electron chi connectivity index (χ3n) is 3.49. The van der Waals surface area contributed by atoms with E-state index in [0.717, 1.165) is 45.0 Å². The molecule has 0 saturated carbocycles. The Balaban J connectivity index is 2.00. The van der Waals surface area contributed by atoms with Crippen LogP contribution in [0.4, 0.5) is 5.82 Å². The zero-order chi connectivity index (χ0) is 12.1. The molecule has 3 nitrogen and oxygen atoms in total. The van der Waals surface area contributed by atoms with E-state index in [1.165, 1.54) is 12.0 Å². The maximum absolute atomic E-state index is 4.50. The molecule has 0 spiro atoms. The quantitative estimate of drug-likeness (QED) is 0.794. The van der Waals surface area contributed by atoms with Crippen LogP contribution in [-0.4, -0.2) is 42.6 Å². The highest BCUT2D eigenvalue weighted by Crippen LogP contribution is 2.15. The molecule has 0 amide bonds. The number of pyridine rings is 1. The molecule has 1 aliphatic heterocycles. The molecule has 0 N–H and O–H groups in total. The van der Waals surface area contributed by atoms with E-state index < -0.39 is 0 Å². The second-order valence-corrected chi connectivity index (χ2v) is 4.69. The van der Waals surface area contributed by atoms with Crippen molar-refractivity contribution in [2.24, 2.45) is 0 Å². The van der Waals surface area contributed by atoms with E-state index in [2.05, 4.69) is 40.8 Å². The number of likely N-dealkylation sites (N-methyl/N-ethyl adjacent to an activating group) is 1. The smallest absolute Gasteiger partial charge is 0.128 e. The van der Waals surface area contributed by atoms with Gasteiger partial charge in [-0.1, -0.05) is 20.3 Å². The fourth-order valence-electron chi connectivity index (χ4n) is 2.37. The average Bonchev–Trinajstić information content (AvgIpc) is 2.40. The molecular formula is C14H23N3. The van der Waals surface area contributed by atoms with Gasteiger partial charge in [0.15, 0.2) is 0 Å². The monoisotopic (exact) mass is 233 g/mol. The van der Waals surface area contributed by atoms with Crippen molar-refractivity contribution in [3.8, 4) is 0 Å². The summed E-state index contributed by atoms with van der Waals surface area (Å²) in [5, 5.41) is 0. The molecule has 17 heavy (non-hydrogen) atoms. The third-order valence-corrected chi connectivity index (χ3v) is 3.49. The first-order valence-electron chi connectivity index (χ1n) is 6.75. The summed E-state index contributed by atoms with van der Waals surface area (Å²) in [6, 6.07) is 4.39. The predicted octanol–water partition coefficient (Wildman–Crippen LogP) is 2.18. The molecule has 94 valence electrons. The molecule has 1 fully saturated rings. The Kier molecular flexibility index (Phi) is 4.37. The number of aryl methyl sites for hydroxylation is 1. The van der Waals surface area contributed by atoms with Gasteiger partial charge in [-0.15, -0.1) is 0 Å². The molecule has 3 heteroatoms. The summed E-state index contributed by atoms with van der Waals surface area (Å²) in [5.41, 5.74) is 1.41. The van der Waals surface area contributed by atoms with Crippen LogP contribution in [0.3, 0.4) is 0 Å². The SMILES string of the molecule is CCCc1ccnc(N2CCN(CC)CC2)c1. The second-order valence-electron chi connectivity index (χ2n) is 4.69. The highest BCUT2D eigenvalue weighted by Gasteiger charge is 2.16. The third kappa shape index (κ3) is 3.19. The topological polar surface area (TPSA) is 19.4 Å². The summed E-state index contributed by atoms with van der Waals surface area (Å²) in [6.45, 7) is 10.2. The molecule has 0 aliphatic carbocycles. The Labute approximate surface area is 104 Å². The molecular weight excluding hydrogens is 210 g/mol. The fourth-order valence-corrected chi connectivity index (χ4v) is 2.37. The van der Waals surface area contributed by atoms with Crippen molar-refractivity contribution in [2.45, 2.75) is 26.7 Å². The van der Waals surface area contributed by atoms with E-state index in [4.69, 9.17) is 0 Å². The molecule has 1 aromatic heterocycles. The number of nitrogens with zero attached hydrogens (tertiary/aromatic N) is 3. The lowest BCUT2D eigenvalue weighted by atomic mass is 10.1. The maximum atomic E-state index is 4.50. The normalized spacial score (nSPS) is 17.4. The van der Waals surface area contributed by atoms with Crippen molar-refractivity contribution in [1.82, 2.24) is 9.88 Å².